The number of rotatable bonds is 6. The topological polar surface area (TPSA) is 54.4 Å². The molecule has 1 amide bonds. The van der Waals surface area contributed by atoms with Crippen LogP contribution in [0.1, 0.15) is 42.9 Å². The van der Waals surface area contributed by atoms with E-state index in [1.54, 1.807) is 19.2 Å². The zero-order valence-corrected chi connectivity index (χ0v) is 17.7. The summed E-state index contributed by atoms with van der Waals surface area (Å²) in [6, 6.07) is 15.7. The highest BCUT2D eigenvalue weighted by molar-refractivity contribution is 6.05. The van der Waals surface area contributed by atoms with E-state index in [4.69, 9.17) is 14.6 Å². The van der Waals surface area contributed by atoms with Gasteiger partial charge in [0.05, 0.1) is 32.5 Å². The lowest BCUT2D eigenvalue weighted by atomic mass is 9.98. The Morgan fingerprint density at radius 3 is 2.50 bits per heavy atom. The number of carbonyl (C=O) groups excluding carboxylic acids is 1. The minimum absolute atomic E-state index is 0.0493. The Kier molecular flexibility index (Phi) is 6.33. The van der Waals surface area contributed by atoms with Crippen molar-refractivity contribution in [2.75, 3.05) is 33.9 Å². The Morgan fingerprint density at radius 2 is 1.80 bits per heavy atom. The second kappa shape index (κ2) is 9.30. The van der Waals surface area contributed by atoms with Crippen LogP contribution in [0.2, 0.25) is 0 Å². The number of carbonyl (C=O) groups is 1. The van der Waals surface area contributed by atoms with Gasteiger partial charge in [-0.15, -0.1) is 0 Å². The van der Waals surface area contributed by atoms with E-state index in [1.165, 1.54) is 6.42 Å². The first kappa shape index (κ1) is 20.4. The number of hydrazone groups is 1. The first-order valence-electron chi connectivity index (χ1n) is 10.6. The van der Waals surface area contributed by atoms with Gasteiger partial charge in [0.2, 0.25) is 0 Å². The molecule has 2 aromatic carbocycles. The van der Waals surface area contributed by atoms with Crippen LogP contribution in [0.15, 0.2) is 53.6 Å². The molecule has 2 heterocycles. The van der Waals surface area contributed by atoms with Gasteiger partial charge in [-0.3, -0.25) is 9.69 Å². The van der Waals surface area contributed by atoms with E-state index in [-0.39, 0.29) is 11.9 Å². The predicted octanol–water partition coefficient (Wildman–Crippen LogP) is 3.87. The van der Waals surface area contributed by atoms with Crippen LogP contribution in [0.5, 0.6) is 11.5 Å². The zero-order valence-electron chi connectivity index (χ0n) is 17.7. The highest BCUT2D eigenvalue weighted by Gasteiger charge is 2.34. The van der Waals surface area contributed by atoms with E-state index in [0.717, 1.165) is 48.5 Å². The molecular formula is C24H29N3O3. The third-order valence-electron chi connectivity index (χ3n) is 5.88. The average Bonchev–Trinajstić information content (AvgIpc) is 3.25. The minimum atomic E-state index is -0.106. The first-order chi connectivity index (χ1) is 14.7. The molecule has 0 spiro atoms. The predicted molar refractivity (Wildman–Crippen MR) is 117 cm³/mol. The molecule has 1 unspecified atom stereocenters. The fourth-order valence-corrected chi connectivity index (χ4v) is 4.26. The molecular weight excluding hydrogens is 378 g/mol. The summed E-state index contributed by atoms with van der Waals surface area (Å²) in [6.45, 7) is 2.39. The summed E-state index contributed by atoms with van der Waals surface area (Å²) in [6.07, 6.45) is 4.22. The molecule has 0 radical (unpaired) electrons. The summed E-state index contributed by atoms with van der Waals surface area (Å²) in [4.78, 5) is 15.5. The second-order valence-corrected chi connectivity index (χ2v) is 7.82. The second-order valence-electron chi connectivity index (χ2n) is 7.82. The van der Waals surface area contributed by atoms with Crippen molar-refractivity contribution < 1.29 is 14.3 Å². The van der Waals surface area contributed by atoms with Crippen LogP contribution in [0.3, 0.4) is 0 Å². The summed E-state index contributed by atoms with van der Waals surface area (Å²) in [5, 5.41) is 6.48. The summed E-state index contributed by atoms with van der Waals surface area (Å²) in [7, 11) is 3.27. The molecule has 0 saturated carbocycles. The van der Waals surface area contributed by atoms with E-state index in [1.807, 2.05) is 36.4 Å². The van der Waals surface area contributed by atoms with Crippen molar-refractivity contribution in [3.05, 3.63) is 59.7 Å². The number of hydrogen-bond donors (Lipinski definition) is 0. The van der Waals surface area contributed by atoms with E-state index in [2.05, 4.69) is 17.0 Å². The molecule has 1 fully saturated rings. The maximum absolute atomic E-state index is 13.3. The molecule has 6 nitrogen and oxygen atoms in total. The molecule has 4 rings (SSSR count). The lowest BCUT2D eigenvalue weighted by Crippen LogP contribution is -2.40. The Labute approximate surface area is 178 Å². The molecule has 158 valence electrons. The van der Waals surface area contributed by atoms with E-state index in [0.29, 0.717) is 18.7 Å². The first-order valence-corrected chi connectivity index (χ1v) is 10.6. The van der Waals surface area contributed by atoms with Crippen LogP contribution in [0, 0.1) is 0 Å². The monoisotopic (exact) mass is 407 g/mol. The van der Waals surface area contributed by atoms with Crippen molar-refractivity contribution >= 4 is 11.6 Å². The van der Waals surface area contributed by atoms with Gasteiger partial charge < -0.3 is 9.47 Å². The van der Waals surface area contributed by atoms with Crippen LogP contribution >= 0.6 is 0 Å². The summed E-state index contributed by atoms with van der Waals surface area (Å²) in [5.74, 6) is 1.48. The maximum Gasteiger partial charge on any atom is 0.257 e. The largest absolute Gasteiger partial charge is 0.497 e. The van der Waals surface area contributed by atoms with Gasteiger partial charge >= 0.3 is 0 Å². The third-order valence-corrected chi connectivity index (χ3v) is 5.88. The fraction of sp³-hybridized carbons (Fsp3) is 0.417. The maximum atomic E-state index is 13.3. The lowest BCUT2D eigenvalue weighted by Gasteiger charge is -2.29. The zero-order chi connectivity index (χ0) is 20.9. The van der Waals surface area contributed by atoms with Crippen molar-refractivity contribution in [1.29, 1.82) is 0 Å². The number of hydrogen-bond acceptors (Lipinski definition) is 5. The molecule has 2 aliphatic rings. The van der Waals surface area contributed by atoms with Gasteiger partial charge in [-0.25, -0.2) is 5.01 Å². The normalized spacial score (nSPS) is 19.5. The van der Waals surface area contributed by atoms with Gasteiger partial charge in [-0.2, -0.15) is 5.10 Å². The number of piperidine rings is 1. The molecule has 0 aliphatic carbocycles. The number of amides is 1. The van der Waals surface area contributed by atoms with Crippen molar-refractivity contribution in [1.82, 2.24) is 9.91 Å². The van der Waals surface area contributed by atoms with Crippen LogP contribution < -0.4 is 9.47 Å². The highest BCUT2D eigenvalue weighted by Crippen LogP contribution is 2.36. The molecule has 0 aromatic heterocycles. The average molecular weight is 408 g/mol. The number of methoxy groups -OCH3 is 2. The standard InChI is InChI=1S/C24H29N3O3/c1-29-19-11-12-20(23(15-19)30-2)21-16-22(18-9-5-3-6-10-18)27(25-21)24(28)17-26-13-7-4-8-14-26/h3,5-6,9-12,15,22H,4,7-8,13-14,16-17H2,1-2H3. The quantitative estimate of drug-likeness (QED) is 0.730. The molecule has 30 heavy (non-hydrogen) atoms. The smallest absolute Gasteiger partial charge is 0.257 e. The summed E-state index contributed by atoms with van der Waals surface area (Å²) >= 11 is 0. The van der Waals surface area contributed by atoms with Gasteiger partial charge in [0, 0.05) is 18.1 Å². The van der Waals surface area contributed by atoms with Crippen LogP contribution in [-0.4, -0.2) is 55.4 Å². The van der Waals surface area contributed by atoms with Crippen molar-refractivity contribution in [3.8, 4) is 11.5 Å². The molecule has 2 aromatic rings. The van der Waals surface area contributed by atoms with Gasteiger partial charge in [-0.05, 0) is 43.6 Å². The SMILES string of the molecule is COc1ccc(C2=NN(C(=O)CN3CCCCC3)C(c3ccccc3)C2)c(OC)c1. The van der Waals surface area contributed by atoms with Crippen LogP contribution in [-0.2, 0) is 4.79 Å². The molecule has 2 aliphatic heterocycles. The van der Waals surface area contributed by atoms with Crippen molar-refractivity contribution in [3.63, 3.8) is 0 Å². The van der Waals surface area contributed by atoms with Gasteiger partial charge in [0.25, 0.3) is 5.91 Å². The van der Waals surface area contributed by atoms with Gasteiger partial charge in [0.15, 0.2) is 0 Å². The number of nitrogens with zero attached hydrogens (tertiary/aromatic N) is 3. The van der Waals surface area contributed by atoms with Crippen molar-refractivity contribution in [2.24, 2.45) is 5.10 Å². The Bertz CT molecular complexity index is 907. The Morgan fingerprint density at radius 1 is 1.03 bits per heavy atom. The minimum Gasteiger partial charge on any atom is -0.497 e. The van der Waals surface area contributed by atoms with E-state index >= 15 is 0 Å². The van der Waals surface area contributed by atoms with Gasteiger partial charge in [0.1, 0.15) is 11.5 Å². The molecule has 6 heteroatoms. The number of benzene rings is 2. The third kappa shape index (κ3) is 4.33. The summed E-state index contributed by atoms with van der Waals surface area (Å²) in [5.41, 5.74) is 2.85. The van der Waals surface area contributed by atoms with Crippen molar-refractivity contribution in [2.45, 2.75) is 31.7 Å². The Balaban J connectivity index is 1.63. The van der Waals surface area contributed by atoms with E-state index in [9.17, 15) is 4.79 Å². The molecule has 1 atom stereocenters. The van der Waals surface area contributed by atoms with Crippen LogP contribution in [0.25, 0.3) is 0 Å². The highest BCUT2D eigenvalue weighted by atomic mass is 16.5. The van der Waals surface area contributed by atoms with E-state index < -0.39 is 0 Å². The molecule has 1 saturated heterocycles. The van der Waals surface area contributed by atoms with Gasteiger partial charge in [-0.1, -0.05) is 36.8 Å². The molecule has 0 N–H and O–H groups in total. The lowest BCUT2D eigenvalue weighted by molar-refractivity contribution is -0.134. The summed E-state index contributed by atoms with van der Waals surface area (Å²) < 4.78 is 10.9. The fourth-order valence-electron chi connectivity index (χ4n) is 4.26. The Hall–Kier alpha value is -2.86. The molecule has 0 bridgehead atoms. The van der Waals surface area contributed by atoms with Crippen LogP contribution in [0.4, 0.5) is 0 Å². The number of likely N-dealkylation sites (tertiary alicyclic amines) is 1. The number of ether oxygens (including phenoxy) is 2.